The Kier molecular flexibility index (Phi) is 17.6. The Morgan fingerprint density at radius 1 is 0.277 bits per heavy atom. The molecule has 0 nitrogen and oxygen atoms in total. The number of hydrogen-bond acceptors (Lipinski definition) is 0. The van der Waals surface area contributed by atoms with Gasteiger partial charge in [-0.3, -0.25) is 0 Å². The highest BCUT2D eigenvalue weighted by molar-refractivity contribution is 5.66. The summed E-state index contributed by atoms with van der Waals surface area (Å²) in [6.45, 7) is 34.7. The molecule has 0 saturated carbocycles. The zero-order chi connectivity index (χ0) is 48.6. The zero-order valence-electron chi connectivity index (χ0n) is 42.4. The number of hydrogen-bond donors (Lipinski definition) is 0. The third kappa shape index (κ3) is 13.4. The maximum Gasteiger partial charge on any atom is 0.402 e. The molecule has 0 aliphatic carbocycles. The van der Waals surface area contributed by atoms with Crippen LogP contribution in [0.2, 0.25) is 0 Å². The molecule has 3 heteroatoms. The Morgan fingerprint density at radius 2 is 0.523 bits per heavy atom. The number of alkyl halides is 3. The molecule has 0 amide bonds. The van der Waals surface area contributed by atoms with Crippen molar-refractivity contribution >= 4 is 0 Å². The summed E-state index contributed by atoms with van der Waals surface area (Å²) in [6, 6.07) is 41.3. The van der Waals surface area contributed by atoms with E-state index in [1.165, 1.54) is 95.9 Å². The van der Waals surface area contributed by atoms with Crippen molar-refractivity contribution in [1.82, 2.24) is 0 Å². The van der Waals surface area contributed by atoms with Gasteiger partial charge in [-0.05, 0) is 247 Å². The Labute approximate surface area is 391 Å². The van der Waals surface area contributed by atoms with Gasteiger partial charge in [-0.1, -0.05) is 121 Å². The van der Waals surface area contributed by atoms with Crippen LogP contribution in [0.25, 0.3) is 11.1 Å². The van der Waals surface area contributed by atoms with Gasteiger partial charge in [-0.25, -0.2) is 0 Å². The molecule has 0 aliphatic rings. The molecule has 7 aromatic rings. The first kappa shape index (κ1) is 52.0. The number of aryl methyl sites for hydroxylation is 16. The molecule has 0 N–H and O–H groups in total. The Morgan fingerprint density at radius 3 is 0.785 bits per heavy atom. The van der Waals surface area contributed by atoms with E-state index in [2.05, 4.69) is 168 Å². The van der Waals surface area contributed by atoms with Gasteiger partial charge in [-0.2, -0.15) is 13.2 Å². The van der Waals surface area contributed by atoms with E-state index in [0.29, 0.717) is 0 Å². The van der Waals surface area contributed by atoms with Crippen molar-refractivity contribution in [2.45, 2.75) is 136 Å². The third-order valence-corrected chi connectivity index (χ3v) is 13.7. The minimum absolute atomic E-state index is 0.284. The van der Waals surface area contributed by atoms with Crippen LogP contribution in [0, 0.1) is 111 Å². The van der Waals surface area contributed by atoms with Crippen LogP contribution in [-0.4, -0.2) is 6.18 Å². The van der Waals surface area contributed by atoms with Gasteiger partial charge in [0.15, 0.2) is 0 Å². The van der Waals surface area contributed by atoms with Gasteiger partial charge in [0.05, 0.1) is 0 Å². The van der Waals surface area contributed by atoms with E-state index in [-0.39, 0.29) is 11.1 Å². The highest BCUT2D eigenvalue weighted by Crippen LogP contribution is 2.46. The predicted octanol–water partition coefficient (Wildman–Crippen LogP) is 17.8. The molecule has 0 aromatic heterocycles. The lowest BCUT2D eigenvalue weighted by Crippen LogP contribution is -2.40. The predicted molar refractivity (Wildman–Crippen MR) is 275 cm³/mol. The van der Waals surface area contributed by atoms with Gasteiger partial charge in [0.25, 0.3) is 0 Å². The van der Waals surface area contributed by atoms with E-state index < -0.39 is 11.6 Å². The maximum absolute atomic E-state index is 13.9. The van der Waals surface area contributed by atoms with Gasteiger partial charge < -0.3 is 0 Å². The van der Waals surface area contributed by atoms with Crippen LogP contribution < -0.4 is 0 Å². The molecule has 0 atom stereocenters. The van der Waals surface area contributed by atoms with E-state index in [1.807, 2.05) is 27.7 Å². The van der Waals surface area contributed by atoms with Crippen LogP contribution >= 0.6 is 0 Å². The average Bonchev–Trinajstić information content (AvgIpc) is 3.24. The summed E-state index contributed by atoms with van der Waals surface area (Å²) >= 11 is 0. The minimum Gasteiger partial charge on any atom is -0.170 e. The van der Waals surface area contributed by atoms with Gasteiger partial charge in [0.1, 0.15) is 5.41 Å². The molecular weight excluding hydrogens is 802 g/mol. The minimum atomic E-state index is -4.36. The second-order valence-corrected chi connectivity index (χ2v) is 18.9. The molecular formula is C62H73F3. The molecule has 342 valence electrons. The quantitative estimate of drug-likeness (QED) is 0.162. The fourth-order valence-corrected chi connectivity index (χ4v) is 7.61. The average molecular weight is 875 g/mol. The molecule has 65 heavy (non-hydrogen) atoms. The van der Waals surface area contributed by atoms with Crippen molar-refractivity contribution < 1.29 is 13.2 Å². The summed E-state index contributed by atoms with van der Waals surface area (Å²) < 4.78 is 41.8. The molecule has 7 aromatic carbocycles. The number of rotatable bonds is 5. The monoisotopic (exact) mass is 875 g/mol. The first-order valence-corrected chi connectivity index (χ1v) is 22.9. The van der Waals surface area contributed by atoms with Crippen LogP contribution in [0.3, 0.4) is 0 Å². The second-order valence-electron chi connectivity index (χ2n) is 18.9. The molecule has 0 radical (unpaired) electrons. The number of halogens is 3. The molecule has 0 aliphatic heterocycles. The lowest BCUT2D eigenvalue weighted by molar-refractivity contribution is -0.173. The SMILES string of the molecule is Cc1cc(C)c(C)cc1C.Cc1ccc(-c2ccc(C)c(C)c2)cc1C.Cc1ccc(C(C)(c2ccc(C)c(C)c2)C(F)(F)F)cc1C.Cc1ccc(Cc2ccc(C)c(C)c2)cc1C. The van der Waals surface area contributed by atoms with Crippen molar-refractivity contribution in [3.05, 3.63) is 233 Å². The van der Waals surface area contributed by atoms with Gasteiger partial charge >= 0.3 is 6.18 Å². The van der Waals surface area contributed by atoms with Crippen LogP contribution in [0.5, 0.6) is 0 Å². The smallest absolute Gasteiger partial charge is 0.170 e. The summed E-state index contributed by atoms with van der Waals surface area (Å²) in [5, 5.41) is 0. The van der Waals surface area contributed by atoms with E-state index in [9.17, 15) is 13.2 Å². The summed E-state index contributed by atoms with van der Waals surface area (Å²) in [5.74, 6) is 0. The topological polar surface area (TPSA) is 0 Å². The standard InChI is InChI=1S/C19H21F3.C17H20.C16H18.C10H14/c1-12-6-8-16(10-14(12)3)18(5,19(20,21)22)17-9-7-13(2)15(4)11-17;1-12-5-7-16(9-14(12)3)11-17-8-6-13(2)15(4)10-17;1-11-5-7-15(9-13(11)3)16-8-6-12(2)14(4)10-16;1-7-5-9(3)10(4)6-8(7)2/h6-11H,1-5H3;5-10H,11H2,1-4H3;5-10H,1-4H3;5-6H,1-4H3. The van der Waals surface area contributed by atoms with Crippen LogP contribution in [0.4, 0.5) is 13.2 Å². The fourth-order valence-electron chi connectivity index (χ4n) is 7.61. The highest BCUT2D eigenvalue weighted by Gasteiger charge is 2.53. The first-order chi connectivity index (χ1) is 30.3. The van der Waals surface area contributed by atoms with Gasteiger partial charge in [0, 0.05) is 0 Å². The third-order valence-electron chi connectivity index (χ3n) is 13.7. The summed E-state index contributed by atoms with van der Waals surface area (Å²) in [7, 11) is 0. The number of benzene rings is 7. The van der Waals surface area contributed by atoms with E-state index >= 15 is 0 Å². The van der Waals surface area contributed by atoms with Crippen molar-refractivity contribution in [3.63, 3.8) is 0 Å². The van der Waals surface area contributed by atoms with Gasteiger partial charge in [-0.15, -0.1) is 0 Å². The zero-order valence-corrected chi connectivity index (χ0v) is 42.4. The van der Waals surface area contributed by atoms with Crippen molar-refractivity contribution in [3.8, 4) is 11.1 Å². The second kappa shape index (κ2) is 22.0. The summed E-state index contributed by atoms with van der Waals surface area (Å²) in [5.41, 5.74) is 24.2. The van der Waals surface area contributed by atoms with Crippen molar-refractivity contribution in [2.24, 2.45) is 0 Å². The highest BCUT2D eigenvalue weighted by atomic mass is 19.4. The van der Waals surface area contributed by atoms with Crippen molar-refractivity contribution in [1.29, 1.82) is 0 Å². The molecule has 0 fully saturated rings. The first-order valence-electron chi connectivity index (χ1n) is 22.9. The molecule has 0 heterocycles. The lowest BCUT2D eigenvalue weighted by Gasteiger charge is -2.34. The summed E-state index contributed by atoms with van der Waals surface area (Å²) in [6.07, 6.45) is -3.33. The summed E-state index contributed by atoms with van der Waals surface area (Å²) in [4.78, 5) is 0. The largest absolute Gasteiger partial charge is 0.402 e. The van der Waals surface area contributed by atoms with Crippen LogP contribution in [0.15, 0.2) is 121 Å². The molecule has 7 rings (SSSR count). The fraction of sp³-hybridized carbons (Fsp3) is 0.323. The van der Waals surface area contributed by atoms with E-state index in [4.69, 9.17) is 0 Å². The normalized spacial score (nSPS) is 11.1. The van der Waals surface area contributed by atoms with Gasteiger partial charge in [0.2, 0.25) is 0 Å². The molecule has 0 bridgehead atoms. The van der Waals surface area contributed by atoms with Crippen LogP contribution in [0.1, 0.15) is 118 Å². The Balaban J connectivity index is 0.000000196. The Hall–Kier alpha value is -5.67. The molecule has 0 unspecified atom stereocenters. The Bertz CT molecular complexity index is 2540. The van der Waals surface area contributed by atoms with E-state index in [1.54, 1.807) is 36.4 Å². The van der Waals surface area contributed by atoms with Crippen LogP contribution in [-0.2, 0) is 11.8 Å². The van der Waals surface area contributed by atoms with E-state index in [0.717, 1.165) is 28.7 Å². The molecule has 0 spiro atoms. The lowest BCUT2D eigenvalue weighted by atomic mass is 9.74. The molecule has 0 saturated heterocycles. The van der Waals surface area contributed by atoms with Crippen molar-refractivity contribution in [2.75, 3.05) is 0 Å². The maximum atomic E-state index is 13.9.